The van der Waals surface area contributed by atoms with Gasteiger partial charge < -0.3 is 4.74 Å². The van der Waals surface area contributed by atoms with Gasteiger partial charge in [-0.2, -0.15) is 5.10 Å². The molecule has 9 heteroatoms. The Morgan fingerprint density at radius 3 is 2.76 bits per heavy atom. The van der Waals surface area contributed by atoms with Crippen LogP contribution in [0.2, 0.25) is 5.02 Å². The van der Waals surface area contributed by atoms with Crippen molar-refractivity contribution in [1.29, 1.82) is 0 Å². The van der Waals surface area contributed by atoms with E-state index in [-0.39, 0.29) is 16.5 Å². The van der Waals surface area contributed by atoms with Gasteiger partial charge in [0.05, 0.1) is 17.0 Å². The van der Waals surface area contributed by atoms with E-state index in [9.17, 15) is 8.42 Å². The average Bonchev–Trinajstić information content (AvgIpc) is 3.14. The third kappa shape index (κ3) is 3.81. The van der Waals surface area contributed by atoms with Crippen molar-refractivity contribution in [2.45, 2.75) is 11.4 Å². The monoisotopic (exact) mass is 378 g/mol. The quantitative estimate of drug-likeness (QED) is 0.711. The Hall–Kier alpha value is -2.42. The van der Waals surface area contributed by atoms with Crippen LogP contribution in [0.5, 0.6) is 5.75 Å². The molecular formula is C16H15ClN4O3S. The van der Waals surface area contributed by atoms with Gasteiger partial charge in [-0.3, -0.25) is 0 Å². The van der Waals surface area contributed by atoms with E-state index in [1.165, 1.54) is 25.3 Å². The summed E-state index contributed by atoms with van der Waals surface area (Å²) in [7, 11) is -2.27. The summed E-state index contributed by atoms with van der Waals surface area (Å²) >= 11 is 6.01. The number of sulfonamides is 1. The Bertz CT molecular complexity index is 975. The average molecular weight is 379 g/mol. The van der Waals surface area contributed by atoms with E-state index in [0.717, 1.165) is 0 Å². The second kappa shape index (κ2) is 7.22. The van der Waals surface area contributed by atoms with E-state index in [1.807, 2.05) is 0 Å². The van der Waals surface area contributed by atoms with Gasteiger partial charge >= 0.3 is 0 Å². The van der Waals surface area contributed by atoms with E-state index in [1.54, 1.807) is 41.5 Å². The van der Waals surface area contributed by atoms with Crippen LogP contribution in [0.4, 0.5) is 0 Å². The molecule has 1 aromatic carbocycles. The second-order valence-corrected chi connectivity index (χ2v) is 7.23. The number of nitrogens with zero attached hydrogens (tertiary/aromatic N) is 3. The predicted octanol–water partition coefficient (Wildman–Crippen LogP) is 2.41. The topological polar surface area (TPSA) is 86.1 Å². The molecule has 0 aliphatic rings. The van der Waals surface area contributed by atoms with Crippen LogP contribution in [0.1, 0.15) is 5.56 Å². The van der Waals surface area contributed by atoms with Gasteiger partial charge in [0.2, 0.25) is 10.0 Å². The fourth-order valence-electron chi connectivity index (χ4n) is 2.24. The van der Waals surface area contributed by atoms with Crippen molar-refractivity contribution < 1.29 is 13.2 Å². The maximum atomic E-state index is 12.5. The molecule has 0 spiro atoms. The zero-order valence-corrected chi connectivity index (χ0v) is 14.8. The number of rotatable bonds is 6. The lowest BCUT2D eigenvalue weighted by Crippen LogP contribution is -2.24. The Balaban J connectivity index is 1.83. The number of halogens is 1. The van der Waals surface area contributed by atoms with Gasteiger partial charge in [0.1, 0.15) is 5.75 Å². The summed E-state index contributed by atoms with van der Waals surface area (Å²) in [5.41, 5.74) is 0.689. The van der Waals surface area contributed by atoms with Crippen molar-refractivity contribution in [2.24, 2.45) is 0 Å². The molecule has 1 N–H and O–H groups in total. The van der Waals surface area contributed by atoms with Crippen LogP contribution in [0, 0.1) is 0 Å². The SMILES string of the molecule is COc1ccc(S(=O)(=O)NCc2cccnc2-n2cccn2)cc1Cl. The van der Waals surface area contributed by atoms with Crippen LogP contribution in [0.25, 0.3) is 5.82 Å². The van der Waals surface area contributed by atoms with Crippen LogP contribution in [-0.4, -0.2) is 30.3 Å². The molecule has 0 aliphatic carbocycles. The fourth-order valence-corrected chi connectivity index (χ4v) is 3.59. The minimum atomic E-state index is -3.74. The summed E-state index contributed by atoms with van der Waals surface area (Å²) in [5.74, 6) is 0.969. The lowest BCUT2D eigenvalue weighted by molar-refractivity contribution is 0.414. The number of methoxy groups -OCH3 is 1. The molecule has 0 unspecified atom stereocenters. The Morgan fingerprint density at radius 1 is 1.24 bits per heavy atom. The van der Waals surface area contributed by atoms with Gasteiger partial charge in [-0.1, -0.05) is 17.7 Å². The number of nitrogens with one attached hydrogen (secondary N) is 1. The second-order valence-electron chi connectivity index (χ2n) is 5.06. The molecule has 25 heavy (non-hydrogen) atoms. The highest BCUT2D eigenvalue weighted by molar-refractivity contribution is 7.89. The van der Waals surface area contributed by atoms with E-state index in [2.05, 4.69) is 14.8 Å². The van der Waals surface area contributed by atoms with Crippen molar-refractivity contribution >= 4 is 21.6 Å². The minimum absolute atomic E-state index is 0.0582. The summed E-state index contributed by atoms with van der Waals surface area (Å²) in [6.45, 7) is 0.0645. The summed E-state index contributed by atoms with van der Waals surface area (Å²) in [6, 6.07) is 9.58. The number of benzene rings is 1. The minimum Gasteiger partial charge on any atom is -0.495 e. The molecule has 2 heterocycles. The first-order chi connectivity index (χ1) is 12.0. The molecule has 3 aromatic rings. The summed E-state index contributed by atoms with van der Waals surface area (Å²) < 4.78 is 34.2. The van der Waals surface area contributed by atoms with Gasteiger partial charge in [0, 0.05) is 30.7 Å². The highest BCUT2D eigenvalue weighted by Crippen LogP contribution is 2.27. The lowest BCUT2D eigenvalue weighted by Gasteiger charge is -2.11. The fraction of sp³-hybridized carbons (Fsp3) is 0.125. The molecular weight excluding hydrogens is 364 g/mol. The van der Waals surface area contributed by atoms with Crippen LogP contribution < -0.4 is 9.46 Å². The Labute approximate surface area is 150 Å². The smallest absolute Gasteiger partial charge is 0.240 e. The highest BCUT2D eigenvalue weighted by atomic mass is 35.5. The van der Waals surface area contributed by atoms with E-state index in [4.69, 9.17) is 16.3 Å². The van der Waals surface area contributed by atoms with Gasteiger partial charge in [-0.25, -0.2) is 22.8 Å². The van der Waals surface area contributed by atoms with Crippen LogP contribution >= 0.6 is 11.6 Å². The third-order valence-electron chi connectivity index (χ3n) is 3.48. The van der Waals surface area contributed by atoms with Crippen molar-refractivity contribution in [3.05, 3.63) is 65.6 Å². The van der Waals surface area contributed by atoms with Crippen LogP contribution in [0.3, 0.4) is 0 Å². The summed E-state index contributed by atoms with van der Waals surface area (Å²) in [5, 5.41) is 4.35. The maximum absolute atomic E-state index is 12.5. The summed E-state index contributed by atoms with van der Waals surface area (Å²) in [4.78, 5) is 4.32. The zero-order valence-electron chi connectivity index (χ0n) is 13.3. The van der Waals surface area contributed by atoms with Gasteiger partial charge in [0.25, 0.3) is 0 Å². The molecule has 0 radical (unpaired) electrons. The molecule has 3 rings (SSSR count). The van der Waals surface area contributed by atoms with Gasteiger partial charge in [-0.15, -0.1) is 0 Å². The van der Waals surface area contributed by atoms with Gasteiger partial charge in [0.15, 0.2) is 5.82 Å². The summed E-state index contributed by atoms with van der Waals surface area (Å²) in [6.07, 6.45) is 4.99. The molecule has 0 amide bonds. The molecule has 0 bridgehead atoms. The first-order valence-corrected chi connectivity index (χ1v) is 9.14. The van der Waals surface area contributed by atoms with Crippen molar-refractivity contribution in [1.82, 2.24) is 19.5 Å². The molecule has 0 saturated heterocycles. The standard InChI is InChI=1S/C16H15ClN4O3S/c1-24-15-6-5-13(10-14(15)17)25(22,23)20-11-12-4-2-7-18-16(12)21-9-3-8-19-21/h2-10,20H,11H2,1H3. The molecule has 2 aromatic heterocycles. The Morgan fingerprint density at radius 2 is 2.08 bits per heavy atom. The number of ether oxygens (including phenoxy) is 1. The normalized spacial score (nSPS) is 11.4. The largest absolute Gasteiger partial charge is 0.495 e. The number of hydrogen-bond donors (Lipinski definition) is 1. The number of pyridine rings is 1. The maximum Gasteiger partial charge on any atom is 0.240 e. The third-order valence-corrected chi connectivity index (χ3v) is 5.17. The van der Waals surface area contributed by atoms with Crippen LogP contribution in [-0.2, 0) is 16.6 Å². The molecule has 0 aliphatic heterocycles. The van der Waals surface area contributed by atoms with Crippen molar-refractivity contribution in [3.8, 4) is 11.6 Å². The highest BCUT2D eigenvalue weighted by Gasteiger charge is 2.17. The van der Waals surface area contributed by atoms with E-state index < -0.39 is 10.0 Å². The number of hydrogen-bond acceptors (Lipinski definition) is 5. The first-order valence-electron chi connectivity index (χ1n) is 7.28. The molecule has 130 valence electrons. The molecule has 0 saturated carbocycles. The van der Waals surface area contributed by atoms with Crippen molar-refractivity contribution in [3.63, 3.8) is 0 Å². The van der Waals surface area contributed by atoms with Crippen LogP contribution in [0.15, 0.2) is 59.9 Å². The van der Waals surface area contributed by atoms with E-state index >= 15 is 0 Å². The van der Waals surface area contributed by atoms with Gasteiger partial charge in [-0.05, 0) is 30.3 Å². The first kappa shape index (κ1) is 17.4. The lowest BCUT2D eigenvalue weighted by atomic mass is 10.2. The van der Waals surface area contributed by atoms with E-state index in [0.29, 0.717) is 17.1 Å². The zero-order chi connectivity index (χ0) is 17.9. The molecule has 7 nitrogen and oxygen atoms in total. The van der Waals surface area contributed by atoms with Crippen molar-refractivity contribution in [2.75, 3.05) is 7.11 Å². The molecule has 0 fully saturated rings. The Kier molecular flexibility index (Phi) is 5.03. The molecule has 0 atom stereocenters. The predicted molar refractivity (Wildman–Crippen MR) is 93.4 cm³/mol. The number of aromatic nitrogens is 3.